The van der Waals surface area contributed by atoms with Gasteiger partial charge in [-0.25, -0.2) is 0 Å². The van der Waals surface area contributed by atoms with E-state index >= 15 is 0 Å². The van der Waals surface area contributed by atoms with Crippen LogP contribution in [0.15, 0.2) is 0 Å². The number of hydrogen-bond donors (Lipinski definition) is 3. The Hall–Kier alpha value is -1.50. The number of hydrogen-bond acceptors (Lipinski definition) is 5. The van der Waals surface area contributed by atoms with Crippen LogP contribution in [-0.2, 0) is 11.3 Å². The number of amides is 1. The third kappa shape index (κ3) is 2.27. The van der Waals surface area contributed by atoms with Crippen molar-refractivity contribution in [3.8, 4) is 0 Å². The third-order valence-corrected chi connectivity index (χ3v) is 1.22. The van der Waals surface area contributed by atoms with Gasteiger partial charge in [-0.3, -0.25) is 4.79 Å². The molecule has 7 heteroatoms. The van der Waals surface area contributed by atoms with Crippen LogP contribution in [0.4, 0.5) is 0 Å². The summed E-state index contributed by atoms with van der Waals surface area (Å²) in [5.41, 5.74) is 5.30. The molecule has 66 valence electrons. The van der Waals surface area contributed by atoms with Crippen LogP contribution in [0.1, 0.15) is 12.7 Å². The highest BCUT2D eigenvalue weighted by molar-refractivity contribution is 5.80. The Bertz CT molecular complexity index is 242. The maximum absolute atomic E-state index is 10.9. The zero-order chi connectivity index (χ0) is 8.97. The normalized spacial score (nSPS) is 12.5. The molecule has 1 amide bonds. The zero-order valence-corrected chi connectivity index (χ0v) is 6.61. The molecule has 0 aliphatic rings. The molecule has 0 unspecified atom stereocenters. The van der Waals surface area contributed by atoms with Gasteiger partial charge in [0, 0.05) is 0 Å². The smallest absolute Gasteiger partial charge is 0.237 e. The molecule has 12 heavy (non-hydrogen) atoms. The van der Waals surface area contributed by atoms with Crippen LogP contribution in [-0.4, -0.2) is 32.6 Å². The fourth-order valence-corrected chi connectivity index (χ4v) is 0.585. The van der Waals surface area contributed by atoms with Crippen molar-refractivity contribution in [1.29, 1.82) is 0 Å². The molecule has 0 fully saturated rings. The van der Waals surface area contributed by atoms with Gasteiger partial charge in [0.2, 0.25) is 5.91 Å². The van der Waals surface area contributed by atoms with Gasteiger partial charge in [0.1, 0.15) is 0 Å². The maximum atomic E-state index is 10.9. The molecular formula is C5H10N6O. The minimum Gasteiger partial charge on any atom is -0.347 e. The van der Waals surface area contributed by atoms with Gasteiger partial charge in [-0.2, -0.15) is 5.21 Å². The average molecular weight is 170 g/mol. The van der Waals surface area contributed by atoms with E-state index in [0.29, 0.717) is 5.82 Å². The summed E-state index contributed by atoms with van der Waals surface area (Å²) in [7, 11) is 0. The largest absolute Gasteiger partial charge is 0.347 e. The van der Waals surface area contributed by atoms with E-state index in [-0.39, 0.29) is 12.5 Å². The molecule has 0 saturated carbocycles. The summed E-state index contributed by atoms with van der Waals surface area (Å²) in [5, 5.41) is 15.4. The quantitative estimate of drug-likeness (QED) is 0.494. The summed E-state index contributed by atoms with van der Waals surface area (Å²) in [5.74, 6) is 0.198. The highest BCUT2D eigenvalue weighted by atomic mass is 16.2. The number of nitrogens with two attached hydrogens (primary N) is 1. The highest BCUT2D eigenvalue weighted by Crippen LogP contribution is 1.82. The van der Waals surface area contributed by atoms with E-state index in [4.69, 9.17) is 5.73 Å². The SMILES string of the molecule is C[C@H](N)C(=O)NCc1nn[nH]n1. The van der Waals surface area contributed by atoms with Gasteiger partial charge >= 0.3 is 0 Å². The van der Waals surface area contributed by atoms with E-state index in [2.05, 4.69) is 25.9 Å². The minimum atomic E-state index is -0.517. The lowest BCUT2D eigenvalue weighted by molar-refractivity contribution is -0.122. The molecule has 0 saturated heterocycles. The summed E-state index contributed by atoms with van der Waals surface area (Å²) in [4.78, 5) is 10.9. The number of aromatic nitrogens is 4. The summed E-state index contributed by atoms with van der Waals surface area (Å²) < 4.78 is 0. The first kappa shape index (κ1) is 8.60. The number of nitrogens with zero attached hydrogens (tertiary/aromatic N) is 3. The van der Waals surface area contributed by atoms with Gasteiger partial charge in [-0.1, -0.05) is 5.21 Å². The molecule has 0 aliphatic heterocycles. The van der Waals surface area contributed by atoms with Crippen LogP contribution in [0.5, 0.6) is 0 Å². The van der Waals surface area contributed by atoms with E-state index in [1.54, 1.807) is 6.92 Å². The molecule has 0 aliphatic carbocycles. The van der Waals surface area contributed by atoms with Gasteiger partial charge < -0.3 is 11.1 Å². The Labute approximate surface area is 68.7 Å². The predicted octanol–water partition coefficient (Wildman–Crippen LogP) is -1.84. The van der Waals surface area contributed by atoms with Crippen LogP contribution in [0.25, 0.3) is 0 Å². The number of carbonyl (C=O) groups excluding carboxylic acids is 1. The van der Waals surface area contributed by atoms with Crippen LogP contribution in [0.2, 0.25) is 0 Å². The minimum absolute atomic E-state index is 0.236. The van der Waals surface area contributed by atoms with Crippen molar-refractivity contribution in [2.75, 3.05) is 0 Å². The lowest BCUT2D eigenvalue weighted by atomic mass is 10.3. The summed E-state index contributed by atoms with van der Waals surface area (Å²) in [6, 6.07) is -0.517. The van der Waals surface area contributed by atoms with Crippen LogP contribution in [0, 0.1) is 0 Å². The van der Waals surface area contributed by atoms with E-state index < -0.39 is 6.04 Å². The lowest BCUT2D eigenvalue weighted by Gasteiger charge is -2.03. The van der Waals surface area contributed by atoms with E-state index in [0.717, 1.165) is 0 Å². The van der Waals surface area contributed by atoms with Crippen molar-refractivity contribution in [3.05, 3.63) is 5.82 Å². The number of carbonyl (C=O) groups is 1. The van der Waals surface area contributed by atoms with Crippen LogP contribution < -0.4 is 11.1 Å². The Morgan fingerprint density at radius 2 is 2.58 bits per heavy atom. The summed E-state index contributed by atoms with van der Waals surface area (Å²) in [6.07, 6.45) is 0. The van der Waals surface area contributed by atoms with Crippen molar-refractivity contribution in [2.24, 2.45) is 5.73 Å². The Kier molecular flexibility index (Phi) is 2.70. The second-order valence-electron chi connectivity index (χ2n) is 2.33. The molecule has 1 atom stereocenters. The molecule has 0 bridgehead atoms. The third-order valence-electron chi connectivity index (χ3n) is 1.22. The second kappa shape index (κ2) is 3.77. The molecule has 4 N–H and O–H groups in total. The molecule has 0 spiro atoms. The summed E-state index contributed by atoms with van der Waals surface area (Å²) >= 11 is 0. The van der Waals surface area contributed by atoms with Crippen LogP contribution >= 0.6 is 0 Å². The van der Waals surface area contributed by atoms with Crippen LogP contribution in [0.3, 0.4) is 0 Å². The van der Waals surface area contributed by atoms with Gasteiger partial charge in [0.05, 0.1) is 12.6 Å². The van der Waals surface area contributed by atoms with Gasteiger partial charge in [-0.15, -0.1) is 10.2 Å². The molecule has 0 aromatic carbocycles. The first-order chi connectivity index (χ1) is 5.70. The van der Waals surface area contributed by atoms with Gasteiger partial charge in [-0.05, 0) is 6.92 Å². The Morgan fingerprint density at radius 3 is 3.08 bits per heavy atom. The lowest BCUT2D eigenvalue weighted by Crippen LogP contribution is -2.38. The zero-order valence-electron chi connectivity index (χ0n) is 6.61. The van der Waals surface area contributed by atoms with Crippen molar-refractivity contribution < 1.29 is 4.79 Å². The standard InChI is InChI=1S/C5H10N6O/c1-3(6)5(12)7-2-4-8-10-11-9-4/h3H,2,6H2,1H3,(H,7,12)(H,8,9,10,11)/t3-/m0/s1. The van der Waals surface area contributed by atoms with Gasteiger partial charge in [0.15, 0.2) is 5.82 Å². The monoisotopic (exact) mass is 170 g/mol. The van der Waals surface area contributed by atoms with Crippen molar-refractivity contribution in [2.45, 2.75) is 19.5 Å². The molecule has 7 nitrogen and oxygen atoms in total. The molecule has 1 rings (SSSR count). The number of H-pyrrole nitrogens is 1. The molecule has 1 heterocycles. The fourth-order valence-electron chi connectivity index (χ4n) is 0.585. The second-order valence-corrected chi connectivity index (χ2v) is 2.33. The topological polar surface area (TPSA) is 110 Å². The first-order valence-corrected chi connectivity index (χ1v) is 3.46. The predicted molar refractivity (Wildman–Crippen MR) is 39.7 cm³/mol. The molecule has 0 radical (unpaired) electrons. The number of aromatic amines is 1. The van der Waals surface area contributed by atoms with E-state index in [1.165, 1.54) is 0 Å². The number of tetrazole rings is 1. The first-order valence-electron chi connectivity index (χ1n) is 3.46. The van der Waals surface area contributed by atoms with E-state index in [9.17, 15) is 4.79 Å². The van der Waals surface area contributed by atoms with Crippen molar-refractivity contribution in [1.82, 2.24) is 25.9 Å². The fraction of sp³-hybridized carbons (Fsp3) is 0.600. The molecular weight excluding hydrogens is 160 g/mol. The molecule has 1 aromatic heterocycles. The van der Waals surface area contributed by atoms with Gasteiger partial charge in [0.25, 0.3) is 0 Å². The Balaban J connectivity index is 2.32. The van der Waals surface area contributed by atoms with Crippen molar-refractivity contribution in [3.63, 3.8) is 0 Å². The average Bonchev–Trinajstić information content (AvgIpc) is 2.51. The molecule has 1 aromatic rings. The Morgan fingerprint density at radius 1 is 1.83 bits per heavy atom. The number of nitrogens with one attached hydrogen (secondary N) is 2. The van der Waals surface area contributed by atoms with E-state index in [1.807, 2.05) is 0 Å². The summed E-state index contributed by atoms with van der Waals surface area (Å²) in [6.45, 7) is 1.85. The number of rotatable bonds is 3. The van der Waals surface area contributed by atoms with Crippen molar-refractivity contribution >= 4 is 5.91 Å². The highest BCUT2D eigenvalue weighted by Gasteiger charge is 2.07. The maximum Gasteiger partial charge on any atom is 0.237 e.